The first-order chi connectivity index (χ1) is 13.6. The number of anilines is 1. The van der Waals surface area contributed by atoms with Crippen molar-refractivity contribution < 1.29 is 9.21 Å². The Morgan fingerprint density at radius 2 is 1.75 bits per heavy atom. The number of carbonyl (C=O) groups is 1. The molecule has 0 aliphatic heterocycles. The van der Waals surface area contributed by atoms with Crippen molar-refractivity contribution in [2.24, 2.45) is 0 Å². The maximum Gasteiger partial charge on any atom is 0.257 e. The minimum Gasteiger partial charge on any atom is -0.436 e. The topological polar surface area (TPSA) is 67.2 Å². The van der Waals surface area contributed by atoms with Crippen LogP contribution >= 0.6 is 23.8 Å². The molecular formula is C21H14ClN3O2S. The Morgan fingerprint density at radius 3 is 2.50 bits per heavy atom. The first-order valence-corrected chi connectivity index (χ1v) is 9.21. The van der Waals surface area contributed by atoms with Gasteiger partial charge in [0.1, 0.15) is 5.52 Å². The minimum atomic E-state index is -0.264. The van der Waals surface area contributed by atoms with Gasteiger partial charge < -0.3 is 9.73 Å². The SMILES string of the molecule is O=C(NC(=S)Nc1ccc(-c2nc3cc(Cl)ccc3o2)cc1)c1ccccc1. The molecule has 1 heterocycles. The van der Waals surface area contributed by atoms with Gasteiger partial charge in [0.05, 0.1) is 0 Å². The van der Waals surface area contributed by atoms with Gasteiger partial charge in [0.15, 0.2) is 10.7 Å². The maximum atomic E-state index is 12.1. The predicted molar refractivity (Wildman–Crippen MR) is 115 cm³/mol. The number of hydrogen-bond acceptors (Lipinski definition) is 4. The molecule has 0 fully saturated rings. The Hall–Kier alpha value is -3.22. The first kappa shape index (κ1) is 18.2. The summed E-state index contributed by atoms with van der Waals surface area (Å²) in [5.74, 6) is 0.239. The van der Waals surface area contributed by atoms with Crippen LogP contribution in [-0.4, -0.2) is 16.0 Å². The van der Waals surface area contributed by atoms with E-state index < -0.39 is 0 Å². The fourth-order valence-electron chi connectivity index (χ4n) is 2.65. The summed E-state index contributed by atoms with van der Waals surface area (Å²) in [6.45, 7) is 0. The summed E-state index contributed by atoms with van der Waals surface area (Å²) in [6, 6.07) is 21.6. The molecule has 7 heteroatoms. The molecule has 1 amide bonds. The van der Waals surface area contributed by atoms with Crippen LogP contribution in [0.5, 0.6) is 0 Å². The first-order valence-electron chi connectivity index (χ1n) is 8.42. The number of thiocarbonyl (C=S) groups is 1. The number of nitrogens with one attached hydrogen (secondary N) is 2. The van der Waals surface area contributed by atoms with E-state index in [0.717, 1.165) is 11.3 Å². The molecule has 5 nitrogen and oxygen atoms in total. The largest absolute Gasteiger partial charge is 0.436 e. The Balaban J connectivity index is 1.44. The summed E-state index contributed by atoms with van der Waals surface area (Å²) < 4.78 is 5.76. The van der Waals surface area contributed by atoms with Crippen LogP contribution in [0.25, 0.3) is 22.6 Å². The predicted octanol–water partition coefficient (Wildman–Crippen LogP) is 5.28. The van der Waals surface area contributed by atoms with Gasteiger partial charge in [-0.3, -0.25) is 10.1 Å². The van der Waals surface area contributed by atoms with Crippen LogP contribution in [0.1, 0.15) is 10.4 Å². The van der Waals surface area contributed by atoms with Gasteiger partial charge in [0.25, 0.3) is 5.91 Å². The van der Waals surface area contributed by atoms with Crippen molar-refractivity contribution in [1.82, 2.24) is 10.3 Å². The van der Waals surface area contributed by atoms with Gasteiger partial charge in [0, 0.05) is 21.8 Å². The van der Waals surface area contributed by atoms with Crippen LogP contribution < -0.4 is 10.6 Å². The summed E-state index contributed by atoms with van der Waals surface area (Å²) >= 11 is 11.2. The molecule has 4 rings (SSSR count). The second kappa shape index (κ2) is 7.80. The molecule has 0 bridgehead atoms. The third-order valence-electron chi connectivity index (χ3n) is 4.00. The third-order valence-corrected chi connectivity index (χ3v) is 4.44. The summed E-state index contributed by atoms with van der Waals surface area (Å²) in [6.07, 6.45) is 0. The summed E-state index contributed by atoms with van der Waals surface area (Å²) in [5.41, 5.74) is 3.47. The highest BCUT2D eigenvalue weighted by Crippen LogP contribution is 2.27. The van der Waals surface area contributed by atoms with Crippen molar-refractivity contribution >= 4 is 51.6 Å². The molecule has 1 aromatic heterocycles. The average molecular weight is 408 g/mol. The number of benzene rings is 3. The minimum absolute atomic E-state index is 0.220. The second-order valence-corrected chi connectivity index (χ2v) is 6.83. The highest BCUT2D eigenvalue weighted by atomic mass is 35.5. The van der Waals surface area contributed by atoms with E-state index in [4.69, 9.17) is 28.2 Å². The van der Waals surface area contributed by atoms with Crippen molar-refractivity contribution in [1.29, 1.82) is 0 Å². The number of fused-ring (bicyclic) bond motifs is 1. The molecule has 0 aliphatic rings. The fourth-order valence-corrected chi connectivity index (χ4v) is 3.02. The lowest BCUT2D eigenvalue weighted by Gasteiger charge is -2.09. The summed E-state index contributed by atoms with van der Waals surface area (Å²) in [5, 5.41) is 6.47. The van der Waals surface area contributed by atoms with Crippen LogP contribution in [0.4, 0.5) is 5.69 Å². The van der Waals surface area contributed by atoms with Gasteiger partial charge in [-0.25, -0.2) is 4.98 Å². The molecule has 28 heavy (non-hydrogen) atoms. The molecule has 3 aromatic carbocycles. The zero-order valence-electron chi connectivity index (χ0n) is 14.5. The number of hydrogen-bond donors (Lipinski definition) is 2. The maximum absolute atomic E-state index is 12.1. The monoisotopic (exact) mass is 407 g/mol. The molecule has 0 saturated carbocycles. The fraction of sp³-hybridized carbons (Fsp3) is 0. The Kier molecular flexibility index (Phi) is 5.06. The quantitative estimate of drug-likeness (QED) is 0.452. The van der Waals surface area contributed by atoms with Gasteiger partial charge in [-0.15, -0.1) is 0 Å². The van der Waals surface area contributed by atoms with E-state index in [0.29, 0.717) is 27.6 Å². The molecule has 138 valence electrons. The number of halogens is 1. The van der Waals surface area contributed by atoms with Crippen LogP contribution in [-0.2, 0) is 0 Å². The van der Waals surface area contributed by atoms with E-state index in [1.807, 2.05) is 30.3 Å². The van der Waals surface area contributed by atoms with Gasteiger partial charge in [0.2, 0.25) is 5.89 Å². The lowest BCUT2D eigenvalue weighted by Crippen LogP contribution is -2.34. The number of amides is 1. The van der Waals surface area contributed by atoms with Crippen molar-refractivity contribution in [3.05, 3.63) is 83.4 Å². The van der Waals surface area contributed by atoms with Crippen molar-refractivity contribution in [2.75, 3.05) is 5.32 Å². The molecule has 4 aromatic rings. The number of carbonyl (C=O) groups excluding carboxylic acids is 1. The van der Waals surface area contributed by atoms with E-state index in [1.54, 1.807) is 42.5 Å². The van der Waals surface area contributed by atoms with Gasteiger partial charge in [-0.05, 0) is 66.8 Å². The van der Waals surface area contributed by atoms with E-state index in [-0.39, 0.29) is 11.0 Å². The van der Waals surface area contributed by atoms with E-state index >= 15 is 0 Å². The van der Waals surface area contributed by atoms with Gasteiger partial charge in [-0.2, -0.15) is 0 Å². The zero-order valence-corrected chi connectivity index (χ0v) is 16.1. The molecule has 0 aliphatic carbocycles. The standard InChI is InChI=1S/C21H14ClN3O2S/c22-15-8-11-18-17(12-15)24-20(27-18)14-6-9-16(10-7-14)23-21(28)25-19(26)13-4-2-1-3-5-13/h1-12H,(H2,23,25,26,28). The highest BCUT2D eigenvalue weighted by molar-refractivity contribution is 7.80. The Labute approximate surface area is 171 Å². The highest BCUT2D eigenvalue weighted by Gasteiger charge is 2.10. The molecule has 0 spiro atoms. The Bertz CT molecular complexity index is 1160. The van der Waals surface area contributed by atoms with Gasteiger partial charge >= 0.3 is 0 Å². The molecule has 0 radical (unpaired) electrons. The molecule has 0 unspecified atom stereocenters. The van der Waals surface area contributed by atoms with Gasteiger partial charge in [-0.1, -0.05) is 29.8 Å². The van der Waals surface area contributed by atoms with Crippen LogP contribution in [0.3, 0.4) is 0 Å². The molecular weight excluding hydrogens is 394 g/mol. The average Bonchev–Trinajstić information content (AvgIpc) is 3.12. The van der Waals surface area contributed by atoms with Crippen molar-refractivity contribution in [3.63, 3.8) is 0 Å². The normalized spacial score (nSPS) is 10.6. The summed E-state index contributed by atoms with van der Waals surface area (Å²) in [4.78, 5) is 16.6. The van der Waals surface area contributed by atoms with Crippen LogP contribution in [0.15, 0.2) is 77.2 Å². The number of oxazole rings is 1. The van der Waals surface area contributed by atoms with E-state index in [9.17, 15) is 4.79 Å². The second-order valence-electron chi connectivity index (χ2n) is 5.98. The van der Waals surface area contributed by atoms with Crippen molar-refractivity contribution in [2.45, 2.75) is 0 Å². The molecule has 2 N–H and O–H groups in total. The third kappa shape index (κ3) is 4.03. The van der Waals surface area contributed by atoms with Crippen molar-refractivity contribution in [3.8, 4) is 11.5 Å². The van der Waals surface area contributed by atoms with Crippen LogP contribution in [0, 0.1) is 0 Å². The smallest absolute Gasteiger partial charge is 0.257 e. The number of aromatic nitrogens is 1. The number of nitrogens with zero attached hydrogens (tertiary/aromatic N) is 1. The Morgan fingerprint density at radius 1 is 1.00 bits per heavy atom. The summed E-state index contributed by atoms with van der Waals surface area (Å²) in [7, 11) is 0. The van der Waals surface area contributed by atoms with E-state index in [2.05, 4.69) is 15.6 Å². The molecule has 0 saturated heterocycles. The zero-order chi connectivity index (χ0) is 19.5. The molecule has 0 atom stereocenters. The number of rotatable bonds is 3. The van der Waals surface area contributed by atoms with Crippen LogP contribution in [0.2, 0.25) is 5.02 Å². The lowest BCUT2D eigenvalue weighted by molar-refractivity contribution is 0.0977. The van der Waals surface area contributed by atoms with E-state index in [1.165, 1.54) is 0 Å². The lowest BCUT2D eigenvalue weighted by atomic mass is 10.2.